The molecule has 0 radical (unpaired) electrons. The number of carbonyl (C=O) groups is 2. The molecule has 2 amide bonds. The number of rotatable bonds is 7. The van der Waals surface area contributed by atoms with Crippen LogP contribution in [0.3, 0.4) is 0 Å². The van der Waals surface area contributed by atoms with Crippen molar-refractivity contribution in [2.45, 2.75) is 6.54 Å². The van der Waals surface area contributed by atoms with Crippen LogP contribution < -0.4 is 16.0 Å². The minimum absolute atomic E-state index is 0.154. The van der Waals surface area contributed by atoms with Crippen LogP contribution >= 0.6 is 0 Å². The Hall–Kier alpha value is -4.38. The molecule has 0 atom stereocenters. The number of anilines is 3. The Morgan fingerprint density at radius 2 is 1.09 bits per heavy atom. The third-order valence-electron chi connectivity index (χ3n) is 4.93. The van der Waals surface area contributed by atoms with Crippen molar-refractivity contribution < 1.29 is 9.59 Å². The fourth-order valence-corrected chi connectivity index (χ4v) is 3.25. The highest BCUT2D eigenvalue weighted by Gasteiger charge is 2.11. The second-order valence-electron chi connectivity index (χ2n) is 7.24. The molecule has 32 heavy (non-hydrogen) atoms. The van der Waals surface area contributed by atoms with Gasteiger partial charge in [-0.1, -0.05) is 60.7 Å². The highest BCUT2D eigenvalue weighted by Crippen LogP contribution is 2.19. The predicted octanol–water partition coefficient (Wildman–Crippen LogP) is 5.80. The Labute approximate surface area is 187 Å². The minimum Gasteiger partial charge on any atom is -0.380 e. The second-order valence-corrected chi connectivity index (χ2v) is 7.24. The average Bonchev–Trinajstić information content (AvgIpc) is 2.84. The summed E-state index contributed by atoms with van der Waals surface area (Å²) < 4.78 is 0. The number of hydrogen-bond donors (Lipinski definition) is 3. The molecule has 0 spiro atoms. The zero-order valence-electron chi connectivity index (χ0n) is 17.4. The van der Waals surface area contributed by atoms with E-state index in [1.54, 1.807) is 18.2 Å². The van der Waals surface area contributed by atoms with Crippen LogP contribution in [0.2, 0.25) is 0 Å². The molecule has 0 saturated heterocycles. The summed E-state index contributed by atoms with van der Waals surface area (Å²) in [7, 11) is 0. The Kier molecular flexibility index (Phi) is 6.58. The summed E-state index contributed by atoms with van der Waals surface area (Å²) in [6, 6.07) is 33.5. The van der Waals surface area contributed by atoms with Crippen molar-refractivity contribution in [3.63, 3.8) is 0 Å². The van der Waals surface area contributed by atoms with Gasteiger partial charge < -0.3 is 16.0 Å². The molecule has 4 aromatic carbocycles. The van der Waals surface area contributed by atoms with Crippen molar-refractivity contribution in [2.75, 3.05) is 16.0 Å². The van der Waals surface area contributed by atoms with E-state index in [1.165, 1.54) is 0 Å². The number of para-hydroxylation sites is 3. The first-order valence-electron chi connectivity index (χ1n) is 10.3. The van der Waals surface area contributed by atoms with Crippen molar-refractivity contribution in [1.82, 2.24) is 0 Å². The maximum atomic E-state index is 12.7. The lowest BCUT2D eigenvalue weighted by Gasteiger charge is -2.13. The summed E-state index contributed by atoms with van der Waals surface area (Å²) in [6.45, 7) is 0.524. The van der Waals surface area contributed by atoms with Gasteiger partial charge in [0, 0.05) is 29.2 Å². The van der Waals surface area contributed by atoms with Crippen LogP contribution in [0.25, 0.3) is 0 Å². The number of benzene rings is 4. The molecule has 4 rings (SSSR count). The molecule has 4 aromatic rings. The molecule has 0 aliphatic rings. The zero-order valence-corrected chi connectivity index (χ0v) is 17.4. The first-order chi connectivity index (χ1) is 15.7. The van der Waals surface area contributed by atoms with Gasteiger partial charge in [0.2, 0.25) is 0 Å². The van der Waals surface area contributed by atoms with E-state index in [2.05, 4.69) is 16.0 Å². The van der Waals surface area contributed by atoms with Crippen LogP contribution in [-0.2, 0) is 6.54 Å². The molecule has 0 unspecified atom stereocenters. The molecule has 0 heterocycles. The Morgan fingerprint density at radius 1 is 0.562 bits per heavy atom. The first-order valence-corrected chi connectivity index (χ1v) is 10.3. The minimum atomic E-state index is -0.174. The third-order valence-corrected chi connectivity index (χ3v) is 4.93. The molecule has 0 fully saturated rings. The topological polar surface area (TPSA) is 70.2 Å². The summed E-state index contributed by atoms with van der Waals surface area (Å²) in [6.07, 6.45) is 0. The van der Waals surface area contributed by atoms with Gasteiger partial charge in [0.05, 0.1) is 5.56 Å². The van der Waals surface area contributed by atoms with E-state index in [0.717, 1.165) is 22.6 Å². The lowest BCUT2D eigenvalue weighted by molar-refractivity contribution is 0.101. The lowest BCUT2D eigenvalue weighted by Crippen LogP contribution is -2.15. The highest BCUT2D eigenvalue weighted by atomic mass is 16.2. The van der Waals surface area contributed by atoms with E-state index in [-0.39, 0.29) is 11.8 Å². The van der Waals surface area contributed by atoms with Crippen molar-refractivity contribution >= 4 is 28.9 Å². The fourth-order valence-electron chi connectivity index (χ4n) is 3.25. The first kappa shape index (κ1) is 20.9. The summed E-state index contributed by atoms with van der Waals surface area (Å²) >= 11 is 0. The largest absolute Gasteiger partial charge is 0.380 e. The zero-order chi connectivity index (χ0) is 22.2. The van der Waals surface area contributed by atoms with Gasteiger partial charge in [-0.2, -0.15) is 0 Å². The van der Waals surface area contributed by atoms with Gasteiger partial charge in [-0.05, 0) is 54.1 Å². The van der Waals surface area contributed by atoms with Crippen LogP contribution in [0, 0.1) is 0 Å². The second kappa shape index (κ2) is 10.1. The van der Waals surface area contributed by atoms with Gasteiger partial charge >= 0.3 is 0 Å². The maximum absolute atomic E-state index is 12.7. The Bertz CT molecular complexity index is 1190. The SMILES string of the molecule is O=C(Nc1ccccc1)c1ccc(CNc2ccccc2C(=O)Nc2ccccc2)cc1. The van der Waals surface area contributed by atoms with Crippen LogP contribution in [0.5, 0.6) is 0 Å². The molecule has 158 valence electrons. The van der Waals surface area contributed by atoms with E-state index in [4.69, 9.17) is 0 Å². The van der Waals surface area contributed by atoms with Crippen LogP contribution in [0.15, 0.2) is 109 Å². The maximum Gasteiger partial charge on any atom is 0.257 e. The molecule has 0 aliphatic heterocycles. The quantitative estimate of drug-likeness (QED) is 0.353. The average molecular weight is 422 g/mol. The van der Waals surface area contributed by atoms with Gasteiger partial charge in [0.1, 0.15) is 0 Å². The van der Waals surface area contributed by atoms with Crippen LogP contribution in [0.1, 0.15) is 26.3 Å². The molecule has 0 bridgehead atoms. The monoisotopic (exact) mass is 421 g/mol. The molecular weight excluding hydrogens is 398 g/mol. The smallest absolute Gasteiger partial charge is 0.257 e. The normalized spacial score (nSPS) is 10.2. The number of nitrogens with one attached hydrogen (secondary N) is 3. The van der Waals surface area contributed by atoms with Gasteiger partial charge in [-0.3, -0.25) is 9.59 Å². The third kappa shape index (κ3) is 5.40. The molecule has 0 aliphatic carbocycles. The summed E-state index contributed by atoms with van der Waals surface area (Å²) in [4.78, 5) is 25.1. The summed E-state index contributed by atoms with van der Waals surface area (Å²) in [5.41, 5.74) is 4.40. The Morgan fingerprint density at radius 3 is 1.72 bits per heavy atom. The van der Waals surface area contributed by atoms with Crippen molar-refractivity contribution in [1.29, 1.82) is 0 Å². The van der Waals surface area contributed by atoms with Gasteiger partial charge in [0.25, 0.3) is 11.8 Å². The summed E-state index contributed by atoms with van der Waals surface area (Å²) in [5, 5.41) is 9.11. The highest BCUT2D eigenvalue weighted by molar-refractivity contribution is 6.08. The van der Waals surface area contributed by atoms with E-state index >= 15 is 0 Å². The van der Waals surface area contributed by atoms with Crippen LogP contribution in [-0.4, -0.2) is 11.8 Å². The van der Waals surface area contributed by atoms with Crippen molar-refractivity contribution in [3.05, 3.63) is 126 Å². The summed E-state index contributed by atoms with van der Waals surface area (Å²) in [5.74, 6) is -0.328. The number of amides is 2. The number of hydrogen-bond acceptors (Lipinski definition) is 3. The predicted molar refractivity (Wildman–Crippen MR) is 129 cm³/mol. The molecular formula is C27H23N3O2. The van der Waals surface area contributed by atoms with Crippen LogP contribution in [0.4, 0.5) is 17.1 Å². The van der Waals surface area contributed by atoms with E-state index in [9.17, 15) is 9.59 Å². The van der Waals surface area contributed by atoms with Crippen molar-refractivity contribution in [2.24, 2.45) is 0 Å². The number of carbonyl (C=O) groups excluding carboxylic acids is 2. The fraction of sp³-hybridized carbons (Fsp3) is 0.0370. The van der Waals surface area contributed by atoms with E-state index < -0.39 is 0 Å². The molecule has 3 N–H and O–H groups in total. The van der Waals surface area contributed by atoms with Gasteiger partial charge in [0.15, 0.2) is 0 Å². The van der Waals surface area contributed by atoms with Crippen molar-refractivity contribution in [3.8, 4) is 0 Å². The van der Waals surface area contributed by atoms with E-state index in [1.807, 2.05) is 91.0 Å². The molecule has 5 nitrogen and oxygen atoms in total. The standard InChI is InChI=1S/C27H23N3O2/c31-26(29-22-9-3-1-4-10-22)21-17-15-20(16-18-21)19-28-25-14-8-7-13-24(25)27(32)30-23-11-5-2-6-12-23/h1-18,28H,19H2,(H,29,31)(H,30,32). The Balaban J connectivity index is 1.39. The van der Waals surface area contributed by atoms with E-state index in [0.29, 0.717) is 17.7 Å². The van der Waals surface area contributed by atoms with Gasteiger partial charge in [-0.15, -0.1) is 0 Å². The lowest BCUT2D eigenvalue weighted by atomic mass is 10.1. The molecule has 5 heteroatoms. The molecule has 0 saturated carbocycles. The van der Waals surface area contributed by atoms with Gasteiger partial charge in [-0.25, -0.2) is 0 Å². The molecule has 0 aromatic heterocycles.